The van der Waals surface area contributed by atoms with Gasteiger partial charge in [-0.15, -0.1) is 0 Å². The molecular formula is C28H31N7. The molecule has 3 heterocycles. The summed E-state index contributed by atoms with van der Waals surface area (Å²) in [6.45, 7) is 7.62. The Kier molecular flexibility index (Phi) is 6.97. The molecule has 1 aliphatic heterocycles. The molecule has 0 aliphatic carbocycles. The summed E-state index contributed by atoms with van der Waals surface area (Å²) in [5.74, 6) is 0.555. The van der Waals surface area contributed by atoms with Gasteiger partial charge in [-0.05, 0) is 67.6 Å². The minimum absolute atomic E-state index is 0.555. The molecule has 7 nitrogen and oxygen atoms in total. The molecule has 2 aromatic heterocycles. The smallest absolute Gasteiger partial charge is 0.227 e. The Morgan fingerprint density at radius 2 is 1.66 bits per heavy atom. The number of hydrogen-bond acceptors (Lipinski definition) is 7. The number of nitrogens with one attached hydrogen (secondary N) is 2. The van der Waals surface area contributed by atoms with Crippen molar-refractivity contribution in [3.63, 3.8) is 0 Å². The Labute approximate surface area is 206 Å². The summed E-state index contributed by atoms with van der Waals surface area (Å²) in [4.78, 5) is 18.2. The van der Waals surface area contributed by atoms with Crippen molar-refractivity contribution in [2.75, 3.05) is 43.9 Å². The summed E-state index contributed by atoms with van der Waals surface area (Å²) in [6.07, 6.45) is 5.32. The maximum absolute atomic E-state index is 4.67. The fraction of sp³-hybridized carbons (Fsp3) is 0.250. The van der Waals surface area contributed by atoms with Gasteiger partial charge in [-0.1, -0.05) is 18.2 Å². The van der Waals surface area contributed by atoms with Gasteiger partial charge in [0.05, 0.1) is 5.69 Å². The lowest BCUT2D eigenvalue weighted by Crippen LogP contribution is -2.43. The highest BCUT2D eigenvalue weighted by Gasteiger charge is 2.13. The molecular weight excluding hydrogens is 434 g/mol. The van der Waals surface area contributed by atoms with Crippen molar-refractivity contribution < 1.29 is 0 Å². The fourth-order valence-electron chi connectivity index (χ4n) is 4.17. The zero-order valence-corrected chi connectivity index (χ0v) is 20.3. The third-order valence-electron chi connectivity index (χ3n) is 6.34. The summed E-state index contributed by atoms with van der Waals surface area (Å²) in [7, 11) is 2.19. The summed E-state index contributed by atoms with van der Waals surface area (Å²) in [6, 6.07) is 20.8. The molecule has 1 saturated heterocycles. The van der Waals surface area contributed by atoms with Crippen LogP contribution < -0.4 is 10.6 Å². The van der Waals surface area contributed by atoms with Crippen molar-refractivity contribution >= 4 is 23.0 Å². The molecule has 5 rings (SSSR count). The van der Waals surface area contributed by atoms with Crippen molar-refractivity contribution in [3.05, 3.63) is 90.4 Å². The SMILES string of the molecule is Cc1ccc(Nc2ccc(CN3CCN(C)CC3)cc2)cc1Nc1nccc(-c2cccnc2)n1. The Morgan fingerprint density at radius 3 is 2.43 bits per heavy atom. The molecule has 1 fully saturated rings. The summed E-state index contributed by atoms with van der Waals surface area (Å²) < 4.78 is 0. The van der Waals surface area contributed by atoms with Gasteiger partial charge in [0.25, 0.3) is 0 Å². The average molecular weight is 466 g/mol. The first-order valence-corrected chi connectivity index (χ1v) is 12.0. The molecule has 0 bridgehead atoms. The maximum atomic E-state index is 4.67. The topological polar surface area (TPSA) is 69.2 Å². The molecule has 0 radical (unpaired) electrons. The average Bonchev–Trinajstić information content (AvgIpc) is 2.89. The van der Waals surface area contributed by atoms with Gasteiger partial charge < -0.3 is 15.5 Å². The Morgan fingerprint density at radius 1 is 0.857 bits per heavy atom. The predicted octanol–water partition coefficient (Wildman–Crippen LogP) is 5.08. The fourth-order valence-corrected chi connectivity index (χ4v) is 4.17. The Hall–Kier alpha value is -3.81. The molecule has 35 heavy (non-hydrogen) atoms. The van der Waals surface area contributed by atoms with Gasteiger partial charge >= 0.3 is 0 Å². The van der Waals surface area contributed by atoms with Crippen LogP contribution in [-0.2, 0) is 6.54 Å². The van der Waals surface area contributed by atoms with Crippen LogP contribution in [0.15, 0.2) is 79.3 Å². The number of likely N-dealkylation sites (N-methyl/N-ethyl adjacent to an activating group) is 1. The second-order valence-corrected chi connectivity index (χ2v) is 9.06. The second-order valence-electron chi connectivity index (χ2n) is 9.06. The van der Waals surface area contributed by atoms with Crippen molar-refractivity contribution in [1.82, 2.24) is 24.8 Å². The van der Waals surface area contributed by atoms with Crippen molar-refractivity contribution in [3.8, 4) is 11.3 Å². The number of anilines is 4. The first-order chi connectivity index (χ1) is 17.1. The summed E-state index contributed by atoms with van der Waals surface area (Å²) in [5, 5.41) is 6.90. The molecule has 0 saturated carbocycles. The monoisotopic (exact) mass is 465 g/mol. The number of hydrogen-bond donors (Lipinski definition) is 2. The lowest BCUT2D eigenvalue weighted by Gasteiger charge is -2.32. The van der Waals surface area contributed by atoms with Gasteiger partial charge in [0.15, 0.2) is 0 Å². The third-order valence-corrected chi connectivity index (χ3v) is 6.34. The van der Waals surface area contributed by atoms with Crippen LogP contribution >= 0.6 is 0 Å². The van der Waals surface area contributed by atoms with Gasteiger partial charge in [0.2, 0.25) is 5.95 Å². The molecule has 1 aliphatic rings. The highest BCUT2D eigenvalue weighted by molar-refractivity contribution is 5.70. The normalized spacial score (nSPS) is 14.6. The van der Waals surface area contributed by atoms with E-state index in [1.54, 1.807) is 18.6 Å². The highest BCUT2D eigenvalue weighted by atomic mass is 15.2. The van der Waals surface area contributed by atoms with Crippen LogP contribution in [-0.4, -0.2) is 58.0 Å². The lowest BCUT2D eigenvalue weighted by atomic mass is 10.1. The van der Waals surface area contributed by atoms with Gasteiger partial charge in [-0.3, -0.25) is 9.88 Å². The zero-order valence-electron chi connectivity index (χ0n) is 20.3. The highest BCUT2D eigenvalue weighted by Crippen LogP contribution is 2.26. The van der Waals surface area contributed by atoms with Gasteiger partial charge in [-0.2, -0.15) is 0 Å². The Bertz CT molecular complexity index is 1250. The molecule has 0 atom stereocenters. The third kappa shape index (κ3) is 6.01. The van der Waals surface area contributed by atoms with Crippen LogP contribution in [0.25, 0.3) is 11.3 Å². The van der Waals surface area contributed by atoms with Gasteiger partial charge in [0.1, 0.15) is 0 Å². The van der Waals surface area contributed by atoms with E-state index < -0.39 is 0 Å². The van der Waals surface area contributed by atoms with Crippen molar-refractivity contribution in [1.29, 1.82) is 0 Å². The minimum atomic E-state index is 0.555. The van der Waals surface area contributed by atoms with Crippen LogP contribution in [0.3, 0.4) is 0 Å². The van der Waals surface area contributed by atoms with E-state index in [9.17, 15) is 0 Å². The van der Waals surface area contributed by atoms with Gasteiger partial charge in [0, 0.05) is 73.9 Å². The van der Waals surface area contributed by atoms with E-state index in [-0.39, 0.29) is 0 Å². The van der Waals surface area contributed by atoms with E-state index in [0.29, 0.717) is 5.95 Å². The number of aromatic nitrogens is 3. The second kappa shape index (κ2) is 10.6. The van der Waals surface area contributed by atoms with Crippen LogP contribution in [0.5, 0.6) is 0 Å². The Balaban J connectivity index is 1.25. The van der Waals surface area contributed by atoms with E-state index in [2.05, 4.69) is 91.8 Å². The van der Waals surface area contributed by atoms with Crippen LogP contribution in [0.2, 0.25) is 0 Å². The molecule has 178 valence electrons. The lowest BCUT2D eigenvalue weighted by molar-refractivity contribution is 0.148. The van der Waals surface area contributed by atoms with Gasteiger partial charge in [-0.25, -0.2) is 9.97 Å². The number of nitrogens with zero attached hydrogens (tertiary/aromatic N) is 5. The number of piperazine rings is 1. The molecule has 0 amide bonds. The van der Waals surface area contributed by atoms with E-state index >= 15 is 0 Å². The molecule has 7 heteroatoms. The number of pyridine rings is 1. The molecule has 2 aromatic carbocycles. The first kappa shape index (κ1) is 23.0. The number of benzene rings is 2. The van der Waals surface area contributed by atoms with Crippen molar-refractivity contribution in [2.45, 2.75) is 13.5 Å². The first-order valence-electron chi connectivity index (χ1n) is 12.0. The van der Waals surface area contributed by atoms with Crippen LogP contribution in [0, 0.1) is 6.92 Å². The summed E-state index contributed by atoms with van der Waals surface area (Å²) in [5.41, 5.74) is 7.29. The minimum Gasteiger partial charge on any atom is -0.355 e. The largest absolute Gasteiger partial charge is 0.355 e. The van der Waals surface area contributed by atoms with E-state index in [4.69, 9.17) is 0 Å². The molecule has 4 aromatic rings. The van der Waals surface area contributed by atoms with E-state index in [1.807, 2.05) is 18.2 Å². The maximum Gasteiger partial charge on any atom is 0.227 e. The standard InChI is InChI=1S/C28H31N7/c1-21-5-8-25(31-24-9-6-22(7-10-24)20-35-16-14-34(2)15-17-35)18-27(21)33-28-30-13-11-26(32-28)23-4-3-12-29-19-23/h3-13,18-19,31H,14-17,20H2,1-2H3,(H,30,32,33). The van der Waals surface area contributed by atoms with E-state index in [0.717, 1.165) is 66.6 Å². The number of aryl methyl sites for hydroxylation is 1. The van der Waals surface area contributed by atoms with Crippen molar-refractivity contribution in [2.24, 2.45) is 0 Å². The predicted molar refractivity (Wildman–Crippen MR) is 142 cm³/mol. The van der Waals surface area contributed by atoms with Crippen LogP contribution in [0.1, 0.15) is 11.1 Å². The summed E-state index contributed by atoms with van der Waals surface area (Å²) >= 11 is 0. The van der Waals surface area contributed by atoms with E-state index in [1.165, 1.54) is 5.56 Å². The van der Waals surface area contributed by atoms with Crippen LogP contribution in [0.4, 0.5) is 23.0 Å². The zero-order chi connectivity index (χ0) is 24.0. The molecule has 0 spiro atoms. The quantitative estimate of drug-likeness (QED) is 0.394. The number of rotatable bonds is 7. The molecule has 2 N–H and O–H groups in total. The molecule has 0 unspecified atom stereocenters.